The number of aromatic nitrogens is 6. The van der Waals surface area contributed by atoms with Crippen molar-refractivity contribution < 1.29 is 9.59 Å². The van der Waals surface area contributed by atoms with Gasteiger partial charge in [-0.2, -0.15) is 4.98 Å². The topological polar surface area (TPSA) is 144 Å². The monoisotopic (exact) mass is 468 g/mol. The van der Waals surface area contributed by atoms with Crippen molar-refractivity contribution in [1.82, 2.24) is 29.5 Å². The van der Waals surface area contributed by atoms with Gasteiger partial charge in [-0.05, 0) is 39.0 Å². The highest BCUT2D eigenvalue weighted by Gasteiger charge is 2.24. The minimum absolute atomic E-state index is 0.0602. The summed E-state index contributed by atoms with van der Waals surface area (Å²) in [7, 11) is 0. The fraction of sp³-hybridized carbons (Fsp3) is 0.200. The Balaban J connectivity index is 1.40. The minimum Gasteiger partial charge on any atom is -0.368 e. The Morgan fingerprint density at radius 2 is 1.91 bits per heavy atom. The fourth-order valence-electron chi connectivity index (χ4n) is 3.95. The standard InChI is InChI=1S/C25H24N8O2/c1-25(2,3)33-13-17(16-12-28-24(26)32-23(16)33)22(35)14-8-15(11-27-10-14)29-21(34)9-20-30-18-6-4-5-7-19(18)31-20/h4-8,10-13H,9H2,1-3H3,(H,29,34)(H,30,31)(H2,26,28,32). The van der Waals surface area contributed by atoms with Crippen LogP contribution in [0.4, 0.5) is 11.6 Å². The molecule has 0 radical (unpaired) electrons. The highest BCUT2D eigenvalue weighted by atomic mass is 16.1. The van der Waals surface area contributed by atoms with E-state index in [-0.39, 0.29) is 29.6 Å². The third-order valence-electron chi connectivity index (χ3n) is 5.58. The quantitative estimate of drug-likeness (QED) is 0.335. The van der Waals surface area contributed by atoms with E-state index in [0.29, 0.717) is 33.7 Å². The number of carbonyl (C=O) groups is 2. The lowest BCUT2D eigenvalue weighted by Crippen LogP contribution is -2.21. The van der Waals surface area contributed by atoms with E-state index in [1.807, 2.05) is 49.6 Å². The Labute approximate surface area is 200 Å². The van der Waals surface area contributed by atoms with E-state index in [2.05, 4.69) is 30.2 Å². The molecule has 4 heterocycles. The van der Waals surface area contributed by atoms with Crippen molar-refractivity contribution in [2.24, 2.45) is 0 Å². The highest BCUT2D eigenvalue weighted by molar-refractivity contribution is 6.16. The number of benzene rings is 1. The summed E-state index contributed by atoms with van der Waals surface area (Å²) in [6.45, 7) is 6.04. The molecule has 0 unspecified atom stereocenters. The smallest absolute Gasteiger partial charge is 0.232 e. The Kier molecular flexibility index (Phi) is 5.28. The van der Waals surface area contributed by atoms with Crippen molar-refractivity contribution in [2.75, 3.05) is 11.1 Å². The van der Waals surface area contributed by atoms with Crippen molar-refractivity contribution in [3.05, 3.63) is 72.1 Å². The number of fused-ring (bicyclic) bond motifs is 2. The normalized spacial score (nSPS) is 11.7. The molecule has 1 amide bonds. The van der Waals surface area contributed by atoms with E-state index in [0.717, 1.165) is 11.0 Å². The third-order valence-corrected chi connectivity index (χ3v) is 5.58. The number of anilines is 2. The van der Waals surface area contributed by atoms with Gasteiger partial charge in [0.1, 0.15) is 11.5 Å². The second-order valence-electron chi connectivity index (χ2n) is 9.27. The molecule has 10 nitrogen and oxygen atoms in total. The number of nitrogens with two attached hydrogens (primary N) is 1. The maximum absolute atomic E-state index is 13.4. The average Bonchev–Trinajstić information content (AvgIpc) is 3.39. The van der Waals surface area contributed by atoms with Gasteiger partial charge in [0.25, 0.3) is 0 Å². The number of nitrogens with one attached hydrogen (secondary N) is 2. The summed E-state index contributed by atoms with van der Waals surface area (Å²) < 4.78 is 1.90. The van der Waals surface area contributed by atoms with Gasteiger partial charge in [0.15, 0.2) is 5.78 Å². The summed E-state index contributed by atoms with van der Waals surface area (Å²) in [5.74, 6) is 0.157. The molecule has 0 saturated carbocycles. The SMILES string of the molecule is CC(C)(C)n1cc(C(=O)c2cncc(NC(=O)Cc3nc4ccccc4[nH]3)c2)c2cnc(N)nc21. The van der Waals surface area contributed by atoms with Gasteiger partial charge < -0.3 is 20.6 Å². The molecule has 0 bridgehead atoms. The molecule has 35 heavy (non-hydrogen) atoms. The summed E-state index contributed by atoms with van der Waals surface area (Å²) in [5, 5.41) is 3.39. The van der Waals surface area contributed by atoms with Gasteiger partial charge in [0.05, 0.1) is 34.9 Å². The van der Waals surface area contributed by atoms with Crippen LogP contribution in [-0.4, -0.2) is 41.2 Å². The lowest BCUT2D eigenvalue weighted by Gasteiger charge is -2.21. The molecule has 4 aromatic heterocycles. The van der Waals surface area contributed by atoms with Crippen molar-refractivity contribution >= 4 is 45.4 Å². The highest BCUT2D eigenvalue weighted by Crippen LogP contribution is 2.28. The number of H-pyrrole nitrogens is 1. The van der Waals surface area contributed by atoms with Gasteiger partial charge in [0.2, 0.25) is 11.9 Å². The van der Waals surface area contributed by atoms with E-state index < -0.39 is 0 Å². The Hall–Kier alpha value is -4.60. The number of para-hydroxylation sites is 2. The van der Waals surface area contributed by atoms with Crippen LogP contribution in [0.25, 0.3) is 22.1 Å². The molecule has 0 aliphatic carbocycles. The number of nitrogens with zero attached hydrogens (tertiary/aromatic N) is 5. The van der Waals surface area contributed by atoms with Gasteiger partial charge in [-0.3, -0.25) is 14.6 Å². The first-order valence-corrected chi connectivity index (χ1v) is 11.1. The van der Waals surface area contributed by atoms with Crippen LogP contribution in [0.1, 0.15) is 42.5 Å². The van der Waals surface area contributed by atoms with Gasteiger partial charge in [-0.1, -0.05) is 12.1 Å². The number of carbonyl (C=O) groups excluding carboxylic acids is 2. The zero-order chi connectivity index (χ0) is 24.7. The molecule has 1 aromatic carbocycles. The van der Waals surface area contributed by atoms with Crippen LogP contribution in [0.2, 0.25) is 0 Å². The maximum atomic E-state index is 13.4. The predicted octanol–water partition coefficient (Wildman–Crippen LogP) is 3.45. The summed E-state index contributed by atoms with van der Waals surface area (Å²) in [4.78, 5) is 46.2. The maximum Gasteiger partial charge on any atom is 0.232 e. The van der Waals surface area contributed by atoms with Gasteiger partial charge in [0, 0.05) is 35.1 Å². The molecule has 4 N–H and O–H groups in total. The van der Waals surface area contributed by atoms with Crippen molar-refractivity contribution in [3.63, 3.8) is 0 Å². The van der Waals surface area contributed by atoms with Crippen LogP contribution >= 0.6 is 0 Å². The molecule has 0 fully saturated rings. The zero-order valence-electron chi connectivity index (χ0n) is 19.5. The molecule has 0 spiro atoms. The van der Waals surface area contributed by atoms with Gasteiger partial charge in [-0.15, -0.1) is 0 Å². The van der Waals surface area contributed by atoms with Crippen molar-refractivity contribution in [1.29, 1.82) is 0 Å². The van der Waals surface area contributed by atoms with Crippen LogP contribution in [0.3, 0.4) is 0 Å². The molecular formula is C25H24N8O2. The lowest BCUT2D eigenvalue weighted by atomic mass is 10.1. The molecule has 0 saturated heterocycles. The Bertz CT molecular complexity index is 1560. The molecule has 5 aromatic rings. The van der Waals surface area contributed by atoms with E-state index >= 15 is 0 Å². The number of pyridine rings is 1. The third kappa shape index (κ3) is 4.33. The molecule has 0 aliphatic heterocycles. The van der Waals surface area contributed by atoms with Crippen molar-refractivity contribution in [3.8, 4) is 0 Å². The number of nitrogen functional groups attached to an aromatic ring is 1. The number of hydrogen-bond acceptors (Lipinski definition) is 7. The van der Waals surface area contributed by atoms with Crippen LogP contribution in [-0.2, 0) is 16.8 Å². The van der Waals surface area contributed by atoms with E-state index in [1.54, 1.807) is 18.5 Å². The van der Waals surface area contributed by atoms with E-state index in [1.165, 1.54) is 12.4 Å². The summed E-state index contributed by atoms with van der Waals surface area (Å²) in [6, 6.07) is 9.17. The molecule has 0 atom stereocenters. The number of hydrogen-bond donors (Lipinski definition) is 3. The summed E-state index contributed by atoms with van der Waals surface area (Å²) in [5.41, 5.74) is 8.89. The molecular weight excluding hydrogens is 444 g/mol. The first-order valence-electron chi connectivity index (χ1n) is 11.1. The first-order chi connectivity index (χ1) is 16.7. The number of rotatable bonds is 5. The summed E-state index contributed by atoms with van der Waals surface area (Å²) in [6.07, 6.45) is 6.34. The number of aromatic amines is 1. The summed E-state index contributed by atoms with van der Waals surface area (Å²) >= 11 is 0. The first kappa shape index (κ1) is 22.2. The Morgan fingerprint density at radius 3 is 2.69 bits per heavy atom. The molecule has 176 valence electrons. The second-order valence-corrected chi connectivity index (χ2v) is 9.27. The van der Waals surface area contributed by atoms with E-state index in [4.69, 9.17) is 5.73 Å². The van der Waals surface area contributed by atoms with Crippen LogP contribution < -0.4 is 11.1 Å². The zero-order valence-corrected chi connectivity index (χ0v) is 19.5. The predicted molar refractivity (Wildman–Crippen MR) is 133 cm³/mol. The molecule has 5 rings (SSSR count). The lowest BCUT2D eigenvalue weighted by molar-refractivity contribution is -0.115. The van der Waals surface area contributed by atoms with Crippen molar-refractivity contribution in [2.45, 2.75) is 32.7 Å². The van der Waals surface area contributed by atoms with E-state index in [9.17, 15) is 9.59 Å². The largest absolute Gasteiger partial charge is 0.368 e. The fourth-order valence-corrected chi connectivity index (χ4v) is 3.95. The molecule has 10 heteroatoms. The van der Waals surface area contributed by atoms with Gasteiger partial charge >= 0.3 is 0 Å². The van der Waals surface area contributed by atoms with Crippen LogP contribution in [0.15, 0.2) is 55.1 Å². The Morgan fingerprint density at radius 1 is 1.11 bits per heavy atom. The number of amides is 1. The number of ketones is 1. The van der Waals surface area contributed by atoms with Crippen LogP contribution in [0, 0.1) is 0 Å². The minimum atomic E-state index is -0.331. The number of imidazole rings is 1. The average molecular weight is 469 g/mol. The molecule has 0 aliphatic rings. The van der Waals surface area contributed by atoms with Crippen LogP contribution in [0.5, 0.6) is 0 Å². The second kappa shape index (κ2) is 8.32. The van der Waals surface area contributed by atoms with Gasteiger partial charge in [-0.25, -0.2) is 9.97 Å².